The Morgan fingerprint density at radius 3 is 2.59 bits per heavy atom. The third kappa shape index (κ3) is 2.95. The fraction of sp³-hybridized carbons (Fsp3) is 0.111. The molecule has 0 fully saturated rings. The van der Waals surface area contributed by atoms with Gasteiger partial charge in [-0.25, -0.2) is 9.67 Å². The van der Waals surface area contributed by atoms with Crippen molar-refractivity contribution in [3.05, 3.63) is 42.6 Å². The van der Waals surface area contributed by atoms with Gasteiger partial charge in [0, 0.05) is 17.0 Å². The van der Waals surface area contributed by atoms with Crippen LogP contribution in [0.3, 0.4) is 0 Å². The fourth-order valence-electron chi connectivity index (χ4n) is 2.82. The molecule has 0 atom stereocenters. The minimum Gasteiger partial charge on any atom is -0.497 e. The van der Waals surface area contributed by atoms with E-state index < -0.39 is 0 Å². The first-order chi connectivity index (χ1) is 13.1. The molecular weight excluding hydrogens is 346 g/mol. The number of hydrogen-bond acceptors (Lipinski definition) is 8. The molecule has 9 nitrogen and oxygen atoms in total. The monoisotopic (exact) mass is 363 g/mol. The summed E-state index contributed by atoms with van der Waals surface area (Å²) in [5.41, 5.74) is 14.5. The highest BCUT2D eigenvalue weighted by atomic mass is 16.5. The zero-order valence-corrected chi connectivity index (χ0v) is 14.7. The van der Waals surface area contributed by atoms with Crippen molar-refractivity contribution in [3.8, 4) is 28.4 Å². The highest BCUT2D eigenvalue weighted by Gasteiger charge is 2.12. The first-order valence-electron chi connectivity index (χ1n) is 8.07. The maximum atomic E-state index is 5.97. The third-order valence-corrected chi connectivity index (χ3v) is 4.16. The van der Waals surface area contributed by atoms with Gasteiger partial charge >= 0.3 is 0 Å². The van der Waals surface area contributed by atoms with E-state index >= 15 is 0 Å². The molecule has 4 rings (SSSR count). The minimum absolute atomic E-state index is 0.142. The summed E-state index contributed by atoms with van der Waals surface area (Å²) in [4.78, 5) is 8.18. The molecule has 0 radical (unpaired) electrons. The number of benzene rings is 2. The van der Waals surface area contributed by atoms with Crippen molar-refractivity contribution < 1.29 is 9.47 Å². The summed E-state index contributed by atoms with van der Waals surface area (Å²) in [5, 5.41) is 9.17. The number of hydrogen-bond donors (Lipinski definition) is 2. The van der Waals surface area contributed by atoms with Crippen LogP contribution in [0.25, 0.3) is 27.8 Å². The van der Waals surface area contributed by atoms with Crippen molar-refractivity contribution in [2.24, 2.45) is 0 Å². The zero-order chi connectivity index (χ0) is 19.0. The van der Waals surface area contributed by atoms with Gasteiger partial charge in [0.15, 0.2) is 0 Å². The number of fused-ring (bicyclic) bond motifs is 1. The molecule has 2 aromatic carbocycles. The topological polar surface area (TPSA) is 127 Å². The van der Waals surface area contributed by atoms with Crippen LogP contribution < -0.4 is 20.9 Å². The summed E-state index contributed by atoms with van der Waals surface area (Å²) in [6.07, 6.45) is 1.80. The number of nitrogens with two attached hydrogens (primary N) is 2. The Morgan fingerprint density at radius 2 is 1.81 bits per heavy atom. The van der Waals surface area contributed by atoms with Crippen molar-refractivity contribution in [3.63, 3.8) is 0 Å². The molecule has 2 heterocycles. The summed E-state index contributed by atoms with van der Waals surface area (Å²) >= 11 is 0. The lowest BCUT2D eigenvalue weighted by molar-refractivity contribution is 0.400. The van der Waals surface area contributed by atoms with E-state index in [1.165, 1.54) is 0 Å². The minimum atomic E-state index is 0.142. The van der Waals surface area contributed by atoms with E-state index in [1.807, 2.05) is 36.4 Å². The number of aromatic nitrogens is 5. The standard InChI is InChI=1S/C18H17N7O2/c1-26-11-4-6-16(27-2)15(8-11)25-9-14(23-24-25)10-3-5-13-12(7-10)17(19)22-18(20)21-13/h3-9H,1-2H3,(H4,19,20,21,22). The van der Waals surface area contributed by atoms with Gasteiger partial charge in [0.1, 0.15) is 28.7 Å². The van der Waals surface area contributed by atoms with Gasteiger partial charge in [0.25, 0.3) is 0 Å². The lowest BCUT2D eigenvalue weighted by Crippen LogP contribution is -2.00. The second-order valence-corrected chi connectivity index (χ2v) is 5.79. The molecule has 0 amide bonds. The second kappa shape index (κ2) is 6.45. The zero-order valence-electron chi connectivity index (χ0n) is 14.7. The van der Waals surface area contributed by atoms with E-state index in [1.54, 1.807) is 25.1 Å². The van der Waals surface area contributed by atoms with E-state index in [-0.39, 0.29) is 5.95 Å². The number of anilines is 2. The predicted molar refractivity (Wildman–Crippen MR) is 102 cm³/mol. The average molecular weight is 363 g/mol. The smallest absolute Gasteiger partial charge is 0.222 e. The van der Waals surface area contributed by atoms with Crippen LogP contribution in [-0.2, 0) is 0 Å². The molecular formula is C18H17N7O2. The summed E-state index contributed by atoms with van der Waals surface area (Å²) < 4.78 is 12.3. The van der Waals surface area contributed by atoms with E-state index in [2.05, 4.69) is 20.3 Å². The molecule has 9 heteroatoms. The van der Waals surface area contributed by atoms with E-state index in [0.717, 1.165) is 5.56 Å². The van der Waals surface area contributed by atoms with Crippen molar-refractivity contribution in [1.82, 2.24) is 25.0 Å². The molecule has 136 valence electrons. The average Bonchev–Trinajstić information content (AvgIpc) is 3.17. The van der Waals surface area contributed by atoms with Crippen LogP contribution in [0.1, 0.15) is 0 Å². The van der Waals surface area contributed by atoms with Crippen LogP contribution in [-0.4, -0.2) is 39.2 Å². The van der Waals surface area contributed by atoms with Gasteiger partial charge in [0.2, 0.25) is 5.95 Å². The molecule has 0 unspecified atom stereocenters. The molecule has 27 heavy (non-hydrogen) atoms. The Morgan fingerprint density at radius 1 is 0.963 bits per heavy atom. The number of nitrogens with zero attached hydrogens (tertiary/aromatic N) is 5. The Kier molecular flexibility index (Phi) is 3.96. The number of ether oxygens (including phenoxy) is 2. The summed E-state index contributed by atoms with van der Waals surface area (Å²) in [6.45, 7) is 0. The first kappa shape index (κ1) is 16.6. The molecule has 0 aliphatic rings. The van der Waals surface area contributed by atoms with Crippen molar-refractivity contribution in [2.75, 3.05) is 25.7 Å². The summed E-state index contributed by atoms with van der Waals surface area (Å²) in [7, 11) is 3.20. The van der Waals surface area contributed by atoms with Gasteiger partial charge < -0.3 is 20.9 Å². The summed E-state index contributed by atoms with van der Waals surface area (Å²) in [6, 6.07) is 11.0. The van der Waals surface area contributed by atoms with Gasteiger partial charge in [-0.3, -0.25) is 0 Å². The Labute approximate surface area is 154 Å². The Bertz CT molecular complexity index is 1140. The van der Waals surface area contributed by atoms with Crippen LogP contribution in [0.2, 0.25) is 0 Å². The van der Waals surface area contributed by atoms with Gasteiger partial charge in [0.05, 0.1) is 25.9 Å². The molecule has 4 N–H and O–H groups in total. The molecule has 0 aliphatic carbocycles. The van der Waals surface area contributed by atoms with Crippen molar-refractivity contribution in [1.29, 1.82) is 0 Å². The highest BCUT2D eigenvalue weighted by Crippen LogP contribution is 2.29. The third-order valence-electron chi connectivity index (χ3n) is 4.16. The van der Waals surface area contributed by atoms with Crippen LogP contribution >= 0.6 is 0 Å². The number of nitrogen functional groups attached to an aromatic ring is 2. The molecule has 0 saturated heterocycles. The van der Waals surface area contributed by atoms with E-state index in [4.69, 9.17) is 20.9 Å². The Balaban J connectivity index is 1.78. The molecule has 4 aromatic rings. The second-order valence-electron chi connectivity index (χ2n) is 5.79. The predicted octanol–water partition coefficient (Wildman–Crippen LogP) is 2.06. The van der Waals surface area contributed by atoms with Crippen LogP contribution in [0, 0.1) is 0 Å². The summed E-state index contributed by atoms with van der Waals surface area (Å²) in [5.74, 6) is 1.81. The van der Waals surface area contributed by atoms with Crippen molar-refractivity contribution >= 4 is 22.7 Å². The quantitative estimate of drug-likeness (QED) is 0.564. The van der Waals surface area contributed by atoms with Gasteiger partial charge in [-0.1, -0.05) is 11.3 Å². The molecule has 0 aliphatic heterocycles. The fourth-order valence-corrected chi connectivity index (χ4v) is 2.82. The molecule has 0 bridgehead atoms. The van der Waals surface area contributed by atoms with Crippen LogP contribution in [0.15, 0.2) is 42.6 Å². The van der Waals surface area contributed by atoms with Crippen molar-refractivity contribution in [2.45, 2.75) is 0 Å². The largest absolute Gasteiger partial charge is 0.497 e. The Hall–Kier alpha value is -3.88. The lowest BCUT2D eigenvalue weighted by Gasteiger charge is -2.09. The maximum absolute atomic E-state index is 5.97. The van der Waals surface area contributed by atoms with E-state index in [9.17, 15) is 0 Å². The molecule has 2 aromatic heterocycles. The maximum Gasteiger partial charge on any atom is 0.222 e. The lowest BCUT2D eigenvalue weighted by atomic mass is 10.1. The van der Waals surface area contributed by atoms with Gasteiger partial charge in [-0.15, -0.1) is 5.10 Å². The van der Waals surface area contributed by atoms with Gasteiger partial charge in [-0.2, -0.15) is 4.98 Å². The number of methoxy groups -OCH3 is 2. The number of rotatable bonds is 4. The van der Waals surface area contributed by atoms with Gasteiger partial charge in [-0.05, 0) is 24.3 Å². The first-order valence-corrected chi connectivity index (χ1v) is 8.07. The van der Waals surface area contributed by atoms with Crippen LogP contribution in [0.4, 0.5) is 11.8 Å². The normalized spacial score (nSPS) is 10.9. The molecule has 0 spiro atoms. The highest BCUT2D eigenvalue weighted by molar-refractivity contribution is 5.92. The van der Waals surface area contributed by atoms with E-state index in [0.29, 0.717) is 39.6 Å². The van der Waals surface area contributed by atoms with Crippen LogP contribution in [0.5, 0.6) is 11.5 Å². The SMILES string of the molecule is COc1ccc(OC)c(-n2cc(-c3ccc4nc(N)nc(N)c4c3)nn2)c1. The molecule has 0 saturated carbocycles.